The first-order valence-corrected chi connectivity index (χ1v) is 8.40. The number of thioether (sulfide) groups is 1. The van der Waals surface area contributed by atoms with Crippen molar-refractivity contribution >= 4 is 23.8 Å². The number of urea groups is 1. The first-order chi connectivity index (χ1) is 9.65. The lowest BCUT2D eigenvalue weighted by Gasteiger charge is -2.30. The summed E-state index contributed by atoms with van der Waals surface area (Å²) < 4.78 is 5.08. The van der Waals surface area contributed by atoms with Crippen LogP contribution in [0.15, 0.2) is 0 Å². The summed E-state index contributed by atoms with van der Waals surface area (Å²) in [7, 11) is 0. The summed E-state index contributed by atoms with van der Waals surface area (Å²) in [5.41, 5.74) is 0. The van der Waals surface area contributed by atoms with E-state index >= 15 is 0 Å². The molecule has 0 aliphatic carbocycles. The van der Waals surface area contributed by atoms with Crippen LogP contribution in [0.2, 0.25) is 0 Å². The highest BCUT2D eigenvalue weighted by Crippen LogP contribution is 2.06. The smallest absolute Gasteiger partial charge is 0.334 e. The topological polar surface area (TPSA) is 78.9 Å². The Morgan fingerprint density at radius 2 is 2.10 bits per heavy atom. The van der Waals surface area contributed by atoms with Crippen LogP contribution in [-0.4, -0.2) is 66.4 Å². The van der Waals surface area contributed by atoms with E-state index in [1.54, 1.807) is 0 Å². The minimum atomic E-state index is -1.02. The molecule has 6 nitrogen and oxygen atoms in total. The van der Waals surface area contributed by atoms with Gasteiger partial charge in [-0.15, -0.1) is 0 Å². The Hall–Kier alpha value is -0.950. The molecule has 0 spiro atoms. The van der Waals surface area contributed by atoms with Crippen LogP contribution >= 0.6 is 11.8 Å². The molecular weight excluding hydrogens is 280 g/mol. The molecule has 1 fully saturated rings. The third-order valence-electron chi connectivity index (χ3n) is 3.18. The average Bonchev–Trinajstić information content (AvgIpc) is 2.46. The van der Waals surface area contributed by atoms with Crippen molar-refractivity contribution in [1.29, 1.82) is 0 Å². The van der Waals surface area contributed by atoms with Crippen molar-refractivity contribution in [3.63, 3.8) is 0 Å². The molecule has 0 saturated carbocycles. The van der Waals surface area contributed by atoms with Gasteiger partial charge in [-0.1, -0.05) is 12.8 Å². The Labute approximate surface area is 124 Å². The lowest BCUT2D eigenvalue weighted by atomic mass is 10.2. The zero-order valence-electron chi connectivity index (χ0n) is 12.0. The fraction of sp³-hybridized carbons (Fsp3) is 0.846. The van der Waals surface area contributed by atoms with Gasteiger partial charge in [-0.05, 0) is 24.9 Å². The van der Waals surface area contributed by atoms with Crippen molar-refractivity contribution in [3.8, 4) is 0 Å². The van der Waals surface area contributed by atoms with Gasteiger partial charge in [-0.3, -0.25) is 0 Å². The first-order valence-electron chi connectivity index (χ1n) is 7.01. The van der Waals surface area contributed by atoms with E-state index in [9.17, 15) is 9.59 Å². The summed E-state index contributed by atoms with van der Waals surface area (Å²) in [6.45, 7) is 1.49. The van der Waals surface area contributed by atoms with Crippen LogP contribution < -0.4 is 5.32 Å². The van der Waals surface area contributed by atoms with Crippen LogP contribution in [-0.2, 0) is 9.53 Å². The SMILES string of the molecule is CSCCCCCCNC(=O)N1CCOC(C(=O)O)C1. The molecule has 1 heterocycles. The second-order valence-corrected chi connectivity index (χ2v) is 5.77. The van der Waals surface area contributed by atoms with Gasteiger partial charge < -0.3 is 20.1 Å². The summed E-state index contributed by atoms with van der Waals surface area (Å²) in [6.07, 6.45) is 5.69. The van der Waals surface area contributed by atoms with Gasteiger partial charge in [0.25, 0.3) is 0 Å². The number of hydrogen-bond donors (Lipinski definition) is 2. The highest BCUT2D eigenvalue weighted by atomic mass is 32.2. The Morgan fingerprint density at radius 1 is 1.35 bits per heavy atom. The van der Waals surface area contributed by atoms with Crippen LogP contribution in [0, 0.1) is 0 Å². The predicted molar refractivity (Wildman–Crippen MR) is 79.2 cm³/mol. The molecule has 0 aromatic rings. The van der Waals surface area contributed by atoms with E-state index in [1.807, 2.05) is 11.8 Å². The predicted octanol–water partition coefficient (Wildman–Crippen LogP) is 1.40. The number of amides is 2. The van der Waals surface area contributed by atoms with Crippen LogP contribution in [0.1, 0.15) is 25.7 Å². The van der Waals surface area contributed by atoms with Gasteiger partial charge in [-0.2, -0.15) is 11.8 Å². The Kier molecular flexibility index (Phi) is 8.45. The largest absolute Gasteiger partial charge is 0.479 e. The number of nitrogens with one attached hydrogen (secondary N) is 1. The van der Waals surface area contributed by atoms with Crippen LogP contribution in [0.5, 0.6) is 0 Å². The standard InChI is InChI=1S/C13H24N2O4S/c1-20-9-5-3-2-4-6-14-13(18)15-7-8-19-11(10-15)12(16)17/h11H,2-10H2,1H3,(H,14,18)(H,16,17). The summed E-state index contributed by atoms with van der Waals surface area (Å²) in [5.74, 6) is 0.174. The highest BCUT2D eigenvalue weighted by molar-refractivity contribution is 7.98. The number of carbonyl (C=O) groups is 2. The molecule has 1 atom stereocenters. The normalized spacial score (nSPS) is 18.9. The minimum absolute atomic E-state index is 0.120. The van der Waals surface area contributed by atoms with Gasteiger partial charge in [0.05, 0.1) is 13.2 Å². The molecule has 1 unspecified atom stereocenters. The molecule has 0 radical (unpaired) electrons. The molecule has 1 saturated heterocycles. The quantitative estimate of drug-likeness (QED) is 0.663. The van der Waals surface area contributed by atoms with Gasteiger partial charge in [-0.25, -0.2) is 9.59 Å². The number of carbonyl (C=O) groups excluding carboxylic acids is 1. The Balaban J connectivity index is 2.11. The maximum atomic E-state index is 11.9. The van der Waals surface area contributed by atoms with Crippen LogP contribution in [0.25, 0.3) is 0 Å². The number of unbranched alkanes of at least 4 members (excludes halogenated alkanes) is 3. The number of carboxylic acid groups (broad SMARTS) is 1. The average molecular weight is 304 g/mol. The second-order valence-electron chi connectivity index (χ2n) is 4.78. The zero-order chi connectivity index (χ0) is 14.8. The molecule has 1 aliphatic rings. The minimum Gasteiger partial charge on any atom is -0.479 e. The first kappa shape index (κ1) is 17.1. The fourth-order valence-corrected chi connectivity index (χ4v) is 2.51. The number of ether oxygens (including phenoxy) is 1. The number of carboxylic acids is 1. The second kappa shape index (κ2) is 9.88. The molecular formula is C13H24N2O4S. The molecule has 0 aromatic heterocycles. The van der Waals surface area contributed by atoms with E-state index in [0.717, 1.165) is 12.8 Å². The van der Waals surface area contributed by atoms with E-state index in [-0.39, 0.29) is 19.2 Å². The van der Waals surface area contributed by atoms with Crippen LogP contribution in [0.3, 0.4) is 0 Å². The lowest BCUT2D eigenvalue weighted by molar-refractivity contribution is -0.154. The zero-order valence-corrected chi connectivity index (χ0v) is 12.8. The Bertz CT molecular complexity index is 315. The molecule has 1 rings (SSSR count). The number of morpholine rings is 1. The summed E-state index contributed by atoms with van der Waals surface area (Å²) in [4.78, 5) is 24.2. The monoisotopic (exact) mass is 304 g/mol. The molecule has 1 aliphatic heterocycles. The number of rotatable bonds is 8. The molecule has 116 valence electrons. The van der Waals surface area contributed by atoms with Crippen molar-refractivity contribution in [2.24, 2.45) is 0 Å². The van der Waals surface area contributed by atoms with E-state index in [4.69, 9.17) is 9.84 Å². The molecule has 2 N–H and O–H groups in total. The summed E-state index contributed by atoms with van der Waals surface area (Å²) in [6, 6.07) is -0.191. The molecule has 2 amide bonds. The lowest BCUT2D eigenvalue weighted by Crippen LogP contribution is -2.51. The Morgan fingerprint density at radius 3 is 2.80 bits per heavy atom. The number of nitrogens with zero attached hydrogens (tertiary/aromatic N) is 1. The van der Waals surface area contributed by atoms with Crippen molar-refractivity contribution in [1.82, 2.24) is 10.2 Å². The van der Waals surface area contributed by atoms with E-state index in [2.05, 4.69) is 11.6 Å². The number of aliphatic carboxylic acids is 1. The van der Waals surface area contributed by atoms with Crippen LogP contribution in [0.4, 0.5) is 4.79 Å². The molecule has 7 heteroatoms. The van der Waals surface area contributed by atoms with Crippen molar-refractivity contribution in [2.75, 3.05) is 38.2 Å². The van der Waals surface area contributed by atoms with Gasteiger partial charge in [0, 0.05) is 13.1 Å². The van der Waals surface area contributed by atoms with Crippen molar-refractivity contribution in [2.45, 2.75) is 31.8 Å². The van der Waals surface area contributed by atoms with Gasteiger partial charge in [0.1, 0.15) is 0 Å². The van der Waals surface area contributed by atoms with Crippen molar-refractivity contribution < 1.29 is 19.4 Å². The van der Waals surface area contributed by atoms with E-state index in [0.29, 0.717) is 13.1 Å². The van der Waals surface area contributed by atoms with Gasteiger partial charge in [0.2, 0.25) is 0 Å². The third kappa shape index (κ3) is 6.47. The fourth-order valence-electron chi connectivity index (χ4n) is 2.02. The van der Waals surface area contributed by atoms with Gasteiger partial charge in [0.15, 0.2) is 6.10 Å². The number of hydrogen-bond acceptors (Lipinski definition) is 4. The maximum absolute atomic E-state index is 11.9. The summed E-state index contributed by atoms with van der Waals surface area (Å²) >= 11 is 1.86. The molecule has 0 aromatic carbocycles. The summed E-state index contributed by atoms with van der Waals surface area (Å²) in [5, 5.41) is 11.7. The third-order valence-corrected chi connectivity index (χ3v) is 3.88. The van der Waals surface area contributed by atoms with E-state index in [1.165, 1.54) is 23.5 Å². The molecule has 0 bridgehead atoms. The van der Waals surface area contributed by atoms with Crippen molar-refractivity contribution in [3.05, 3.63) is 0 Å². The van der Waals surface area contributed by atoms with Gasteiger partial charge >= 0.3 is 12.0 Å². The molecule has 20 heavy (non-hydrogen) atoms. The highest BCUT2D eigenvalue weighted by Gasteiger charge is 2.28. The maximum Gasteiger partial charge on any atom is 0.334 e. The van der Waals surface area contributed by atoms with E-state index < -0.39 is 12.1 Å².